The van der Waals surface area contributed by atoms with Crippen LogP contribution in [0, 0.1) is 11.3 Å². The molecule has 20 heavy (non-hydrogen) atoms. The van der Waals surface area contributed by atoms with E-state index in [1.165, 1.54) is 0 Å². The van der Waals surface area contributed by atoms with Crippen molar-refractivity contribution < 1.29 is 9.15 Å². The first-order valence-corrected chi connectivity index (χ1v) is 6.51. The van der Waals surface area contributed by atoms with Gasteiger partial charge in [0.1, 0.15) is 29.9 Å². The summed E-state index contributed by atoms with van der Waals surface area (Å²) in [5.74, 6) is 2.10. The summed E-state index contributed by atoms with van der Waals surface area (Å²) in [7, 11) is 3.96. The molecular weight excluding hydrogens is 276 g/mol. The average Bonchev–Trinajstić information content (AvgIpc) is 2.84. The van der Waals surface area contributed by atoms with Gasteiger partial charge in [0.15, 0.2) is 0 Å². The second-order valence-corrected chi connectivity index (χ2v) is 5.08. The first-order valence-electron chi connectivity index (χ1n) is 6.13. The van der Waals surface area contributed by atoms with E-state index in [-0.39, 0.29) is 6.61 Å². The maximum atomic E-state index is 9.03. The minimum absolute atomic E-state index is 0.281. The van der Waals surface area contributed by atoms with Crippen LogP contribution in [0.1, 0.15) is 17.1 Å². The van der Waals surface area contributed by atoms with Gasteiger partial charge in [-0.05, 0) is 44.4 Å². The SMILES string of the molecule is CN(C)Cc1ccc(COc2ccc(Cl)cc2C#N)o1. The van der Waals surface area contributed by atoms with Crippen LogP contribution in [0.15, 0.2) is 34.7 Å². The van der Waals surface area contributed by atoms with Crippen molar-refractivity contribution in [2.75, 3.05) is 14.1 Å². The predicted molar refractivity (Wildman–Crippen MR) is 76.6 cm³/mol. The summed E-state index contributed by atoms with van der Waals surface area (Å²) >= 11 is 5.83. The Balaban J connectivity index is 2.02. The predicted octanol–water partition coefficient (Wildman–Crippen LogP) is 3.45. The smallest absolute Gasteiger partial charge is 0.146 e. The first-order chi connectivity index (χ1) is 9.58. The Kier molecular flexibility index (Phi) is 4.67. The highest BCUT2D eigenvalue weighted by Crippen LogP contribution is 2.23. The van der Waals surface area contributed by atoms with Crippen molar-refractivity contribution in [1.82, 2.24) is 4.90 Å². The average molecular weight is 291 g/mol. The maximum Gasteiger partial charge on any atom is 0.146 e. The van der Waals surface area contributed by atoms with Crippen LogP contribution in [0.3, 0.4) is 0 Å². The maximum absolute atomic E-state index is 9.03. The van der Waals surface area contributed by atoms with Crippen LogP contribution in [-0.4, -0.2) is 19.0 Å². The van der Waals surface area contributed by atoms with E-state index in [0.717, 1.165) is 18.1 Å². The molecule has 0 atom stereocenters. The van der Waals surface area contributed by atoms with Crippen molar-refractivity contribution in [2.45, 2.75) is 13.2 Å². The Bertz CT molecular complexity index is 629. The number of hydrogen-bond donors (Lipinski definition) is 0. The molecule has 1 aromatic heterocycles. The fourth-order valence-electron chi connectivity index (χ4n) is 1.76. The van der Waals surface area contributed by atoms with Crippen LogP contribution in [0.4, 0.5) is 0 Å². The summed E-state index contributed by atoms with van der Waals surface area (Å²) in [6.07, 6.45) is 0. The Morgan fingerprint density at radius 2 is 2.00 bits per heavy atom. The van der Waals surface area contributed by atoms with E-state index in [1.807, 2.05) is 31.1 Å². The molecule has 0 saturated carbocycles. The normalized spacial score (nSPS) is 10.6. The lowest BCUT2D eigenvalue weighted by Gasteiger charge is -2.07. The quantitative estimate of drug-likeness (QED) is 0.846. The van der Waals surface area contributed by atoms with Crippen molar-refractivity contribution in [3.05, 3.63) is 52.4 Å². The largest absolute Gasteiger partial charge is 0.484 e. The number of rotatable bonds is 5. The van der Waals surface area contributed by atoms with Crippen molar-refractivity contribution in [3.63, 3.8) is 0 Å². The lowest BCUT2D eigenvalue weighted by atomic mass is 10.2. The second-order valence-electron chi connectivity index (χ2n) is 4.65. The van der Waals surface area contributed by atoms with Gasteiger partial charge in [0.25, 0.3) is 0 Å². The Morgan fingerprint density at radius 3 is 2.70 bits per heavy atom. The van der Waals surface area contributed by atoms with Gasteiger partial charge in [0.05, 0.1) is 12.1 Å². The molecule has 0 fully saturated rings. The molecule has 0 N–H and O–H groups in total. The molecule has 1 heterocycles. The molecule has 0 bridgehead atoms. The number of furan rings is 1. The third kappa shape index (κ3) is 3.77. The molecule has 104 valence electrons. The number of halogens is 1. The van der Waals surface area contributed by atoms with Gasteiger partial charge in [0, 0.05) is 5.02 Å². The summed E-state index contributed by atoms with van der Waals surface area (Å²) in [6, 6.07) is 10.8. The van der Waals surface area contributed by atoms with Crippen molar-refractivity contribution >= 4 is 11.6 Å². The van der Waals surface area contributed by atoms with Gasteiger partial charge >= 0.3 is 0 Å². The third-order valence-electron chi connectivity index (χ3n) is 2.62. The molecule has 0 radical (unpaired) electrons. The van der Waals surface area contributed by atoms with Gasteiger partial charge in [-0.25, -0.2) is 0 Å². The molecular formula is C15H15ClN2O2. The van der Waals surface area contributed by atoms with E-state index >= 15 is 0 Å². The molecule has 0 spiro atoms. The number of hydrogen-bond acceptors (Lipinski definition) is 4. The van der Waals surface area contributed by atoms with Gasteiger partial charge in [-0.1, -0.05) is 11.6 Å². The fourth-order valence-corrected chi connectivity index (χ4v) is 1.93. The van der Waals surface area contributed by atoms with E-state index < -0.39 is 0 Å². The minimum Gasteiger partial charge on any atom is -0.484 e. The molecule has 0 aliphatic rings. The Labute approximate surface area is 123 Å². The van der Waals surface area contributed by atoms with Crippen LogP contribution in [0.25, 0.3) is 0 Å². The zero-order valence-corrected chi connectivity index (χ0v) is 12.1. The van der Waals surface area contributed by atoms with Crippen LogP contribution in [0.5, 0.6) is 5.75 Å². The highest BCUT2D eigenvalue weighted by molar-refractivity contribution is 6.30. The van der Waals surface area contributed by atoms with E-state index in [0.29, 0.717) is 16.3 Å². The van der Waals surface area contributed by atoms with E-state index in [9.17, 15) is 0 Å². The lowest BCUT2D eigenvalue weighted by Crippen LogP contribution is -2.09. The fraction of sp³-hybridized carbons (Fsp3) is 0.267. The molecule has 4 nitrogen and oxygen atoms in total. The van der Waals surface area contributed by atoms with Gasteiger partial charge in [-0.2, -0.15) is 5.26 Å². The summed E-state index contributed by atoms with van der Waals surface area (Å²) in [5.41, 5.74) is 0.414. The summed E-state index contributed by atoms with van der Waals surface area (Å²) in [4.78, 5) is 2.02. The molecule has 0 aliphatic carbocycles. The van der Waals surface area contributed by atoms with Crippen molar-refractivity contribution in [3.8, 4) is 11.8 Å². The summed E-state index contributed by atoms with van der Waals surface area (Å²) in [6.45, 7) is 1.02. The topological polar surface area (TPSA) is 49.4 Å². The molecule has 0 aliphatic heterocycles. The van der Waals surface area contributed by atoms with Gasteiger partial charge in [-0.3, -0.25) is 0 Å². The molecule has 0 unspecified atom stereocenters. The van der Waals surface area contributed by atoms with E-state index in [1.54, 1.807) is 18.2 Å². The number of nitriles is 1. The molecule has 2 rings (SSSR count). The van der Waals surface area contributed by atoms with Crippen molar-refractivity contribution in [1.29, 1.82) is 5.26 Å². The second kappa shape index (κ2) is 6.47. The van der Waals surface area contributed by atoms with Crippen LogP contribution < -0.4 is 4.74 Å². The highest BCUT2D eigenvalue weighted by atomic mass is 35.5. The summed E-state index contributed by atoms with van der Waals surface area (Å²) < 4.78 is 11.2. The lowest BCUT2D eigenvalue weighted by molar-refractivity contribution is 0.257. The van der Waals surface area contributed by atoms with E-state index in [2.05, 4.69) is 6.07 Å². The molecule has 5 heteroatoms. The van der Waals surface area contributed by atoms with Crippen LogP contribution >= 0.6 is 11.6 Å². The number of benzene rings is 1. The molecule has 0 amide bonds. The Morgan fingerprint density at radius 1 is 1.25 bits per heavy atom. The van der Waals surface area contributed by atoms with Crippen LogP contribution in [-0.2, 0) is 13.2 Å². The number of nitrogens with zero attached hydrogens (tertiary/aromatic N) is 2. The number of ether oxygens (including phenoxy) is 1. The Hall–Kier alpha value is -1.96. The molecule has 2 aromatic rings. The van der Waals surface area contributed by atoms with Gasteiger partial charge in [-0.15, -0.1) is 0 Å². The minimum atomic E-state index is 0.281. The molecule has 1 aromatic carbocycles. The zero-order chi connectivity index (χ0) is 14.5. The van der Waals surface area contributed by atoms with Gasteiger partial charge < -0.3 is 14.1 Å². The highest BCUT2D eigenvalue weighted by Gasteiger charge is 2.07. The summed E-state index contributed by atoms with van der Waals surface area (Å²) in [5, 5.41) is 9.54. The molecule has 0 saturated heterocycles. The van der Waals surface area contributed by atoms with E-state index in [4.69, 9.17) is 26.0 Å². The first kappa shape index (κ1) is 14.4. The monoisotopic (exact) mass is 290 g/mol. The van der Waals surface area contributed by atoms with Crippen LogP contribution in [0.2, 0.25) is 5.02 Å². The standard InChI is InChI=1S/C15H15ClN2O2/c1-18(2)9-13-4-5-14(20-13)10-19-15-6-3-12(16)7-11(15)8-17/h3-7H,9-10H2,1-2H3. The zero-order valence-electron chi connectivity index (χ0n) is 11.4. The van der Waals surface area contributed by atoms with Gasteiger partial charge in [0.2, 0.25) is 0 Å². The third-order valence-corrected chi connectivity index (χ3v) is 2.86. The van der Waals surface area contributed by atoms with Crippen molar-refractivity contribution in [2.24, 2.45) is 0 Å².